The Morgan fingerprint density at radius 2 is 2.31 bits per heavy atom. The van der Waals surface area contributed by atoms with Crippen LogP contribution < -0.4 is 11.3 Å². The normalized spacial score (nSPS) is 22.5. The van der Waals surface area contributed by atoms with E-state index in [1.165, 1.54) is 0 Å². The molecule has 0 aromatic heterocycles. The molecule has 1 fully saturated rings. The Labute approximate surface area is 74.4 Å². The molecule has 1 unspecified atom stereocenters. The number of morpholine rings is 1. The highest BCUT2D eigenvalue weighted by atomic mass is 16.5. The lowest BCUT2D eigenvalue weighted by Gasteiger charge is -2.31. The largest absolute Gasteiger partial charge is 0.465 e. The summed E-state index contributed by atoms with van der Waals surface area (Å²) < 4.78 is 4.96. The zero-order valence-corrected chi connectivity index (χ0v) is 6.90. The van der Waals surface area contributed by atoms with Crippen molar-refractivity contribution < 1.29 is 19.4 Å². The lowest BCUT2D eigenvalue weighted by atomic mass is 10.2. The number of amides is 2. The predicted octanol–water partition coefficient (Wildman–Crippen LogP) is -1.64. The summed E-state index contributed by atoms with van der Waals surface area (Å²) in [5, 5.41) is 8.70. The molecule has 0 radical (unpaired) electrons. The maximum atomic E-state index is 11.1. The molecule has 4 N–H and O–H groups in total. The summed E-state index contributed by atoms with van der Waals surface area (Å²) in [5.41, 5.74) is 1.90. The second-order valence-corrected chi connectivity index (χ2v) is 2.58. The number of carbonyl (C=O) groups is 2. The molecule has 2 amide bonds. The second kappa shape index (κ2) is 4.06. The van der Waals surface area contributed by atoms with E-state index in [1.807, 2.05) is 5.43 Å². The van der Waals surface area contributed by atoms with E-state index in [-0.39, 0.29) is 13.2 Å². The maximum Gasteiger partial charge on any atom is 0.408 e. The van der Waals surface area contributed by atoms with Gasteiger partial charge in [0.25, 0.3) is 5.91 Å². The van der Waals surface area contributed by atoms with Crippen LogP contribution >= 0.6 is 0 Å². The average Bonchev–Trinajstić information content (AvgIpc) is 2.16. The number of nitrogens with one attached hydrogen (secondary N) is 1. The quantitative estimate of drug-likeness (QED) is 0.260. The van der Waals surface area contributed by atoms with Crippen LogP contribution in [0.25, 0.3) is 0 Å². The van der Waals surface area contributed by atoms with E-state index in [4.69, 9.17) is 15.7 Å². The minimum absolute atomic E-state index is 0.0509. The lowest BCUT2D eigenvalue weighted by molar-refractivity contribution is -0.131. The molecular formula is C6H11N3O4. The van der Waals surface area contributed by atoms with Crippen molar-refractivity contribution in [3.8, 4) is 0 Å². The van der Waals surface area contributed by atoms with Gasteiger partial charge in [0.05, 0.1) is 13.2 Å². The average molecular weight is 189 g/mol. The lowest BCUT2D eigenvalue weighted by Crippen LogP contribution is -2.56. The van der Waals surface area contributed by atoms with Gasteiger partial charge in [0.1, 0.15) is 6.04 Å². The molecule has 1 atom stereocenters. The summed E-state index contributed by atoms with van der Waals surface area (Å²) in [5.74, 6) is 4.34. The predicted molar refractivity (Wildman–Crippen MR) is 41.7 cm³/mol. The zero-order chi connectivity index (χ0) is 9.84. The Morgan fingerprint density at radius 1 is 1.62 bits per heavy atom. The van der Waals surface area contributed by atoms with Gasteiger partial charge < -0.3 is 9.84 Å². The topological polar surface area (TPSA) is 105 Å². The van der Waals surface area contributed by atoms with E-state index in [1.54, 1.807) is 0 Å². The summed E-state index contributed by atoms with van der Waals surface area (Å²) in [7, 11) is 0. The SMILES string of the molecule is NNC(=O)C1COCCN1C(=O)O. The van der Waals surface area contributed by atoms with Gasteiger partial charge in [0.15, 0.2) is 0 Å². The van der Waals surface area contributed by atoms with Crippen molar-refractivity contribution in [3.63, 3.8) is 0 Å². The van der Waals surface area contributed by atoms with Crippen molar-refractivity contribution >= 4 is 12.0 Å². The molecule has 1 heterocycles. The third-order valence-electron chi connectivity index (χ3n) is 1.82. The van der Waals surface area contributed by atoms with E-state index in [2.05, 4.69) is 0 Å². The molecule has 74 valence electrons. The van der Waals surface area contributed by atoms with Crippen LogP contribution in [0.4, 0.5) is 4.79 Å². The molecule has 1 aliphatic rings. The van der Waals surface area contributed by atoms with Gasteiger partial charge in [-0.15, -0.1) is 0 Å². The molecule has 0 bridgehead atoms. The summed E-state index contributed by atoms with van der Waals surface area (Å²) in [4.78, 5) is 22.7. The van der Waals surface area contributed by atoms with Crippen LogP contribution in [0.15, 0.2) is 0 Å². The monoisotopic (exact) mass is 189 g/mol. The number of hydrogen-bond donors (Lipinski definition) is 3. The highest BCUT2D eigenvalue weighted by Crippen LogP contribution is 2.06. The molecule has 13 heavy (non-hydrogen) atoms. The molecule has 7 heteroatoms. The van der Waals surface area contributed by atoms with Crippen molar-refractivity contribution in [2.24, 2.45) is 5.84 Å². The molecule has 0 spiro atoms. The zero-order valence-electron chi connectivity index (χ0n) is 6.90. The van der Waals surface area contributed by atoms with Gasteiger partial charge in [-0.3, -0.25) is 15.1 Å². The molecule has 0 aromatic carbocycles. The molecular weight excluding hydrogens is 178 g/mol. The number of hydrogen-bond acceptors (Lipinski definition) is 4. The van der Waals surface area contributed by atoms with E-state index < -0.39 is 18.0 Å². The Hall–Kier alpha value is -1.34. The summed E-state index contributed by atoms with van der Waals surface area (Å²) in [6.07, 6.45) is -1.14. The second-order valence-electron chi connectivity index (χ2n) is 2.58. The van der Waals surface area contributed by atoms with E-state index in [0.717, 1.165) is 4.90 Å². The Morgan fingerprint density at radius 3 is 2.85 bits per heavy atom. The number of hydrazine groups is 1. The van der Waals surface area contributed by atoms with Crippen LogP contribution in [0.5, 0.6) is 0 Å². The Bertz CT molecular complexity index is 220. The van der Waals surface area contributed by atoms with E-state index in [9.17, 15) is 9.59 Å². The highest BCUT2D eigenvalue weighted by molar-refractivity contribution is 5.85. The van der Waals surface area contributed by atoms with Crippen LogP contribution in [0.1, 0.15) is 0 Å². The first-order valence-corrected chi connectivity index (χ1v) is 3.74. The van der Waals surface area contributed by atoms with Gasteiger partial charge in [-0.05, 0) is 0 Å². The minimum atomic E-state index is -1.14. The van der Waals surface area contributed by atoms with Crippen LogP contribution in [0.2, 0.25) is 0 Å². The van der Waals surface area contributed by atoms with Gasteiger partial charge in [-0.2, -0.15) is 0 Å². The van der Waals surface area contributed by atoms with Gasteiger partial charge in [0, 0.05) is 6.54 Å². The standard InChI is InChI=1S/C6H11N3O4/c7-8-5(10)4-3-13-2-1-9(4)6(11)12/h4H,1-3,7H2,(H,8,10)(H,11,12). The number of rotatable bonds is 1. The Kier molecular flexibility index (Phi) is 3.04. The fourth-order valence-electron chi connectivity index (χ4n) is 1.15. The first-order chi connectivity index (χ1) is 6.16. The minimum Gasteiger partial charge on any atom is -0.465 e. The van der Waals surface area contributed by atoms with Crippen LogP contribution in [0, 0.1) is 0 Å². The Balaban J connectivity index is 2.67. The number of nitrogens with two attached hydrogens (primary N) is 1. The van der Waals surface area contributed by atoms with Crippen molar-refractivity contribution in [2.75, 3.05) is 19.8 Å². The van der Waals surface area contributed by atoms with Crippen molar-refractivity contribution in [2.45, 2.75) is 6.04 Å². The molecule has 1 rings (SSSR count). The van der Waals surface area contributed by atoms with Gasteiger partial charge in [0.2, 0.25) is 0 Å². The van der Waals surface area contributed by atoms with Crippen LogP contribution in [0.3, 0.4) is 0 Å². The van der Waals surface area contributed by atoms with E-state index >= 15 is 0 Å². The number of carboxylic acid groups (broad SMARTS) is 1. The first-order valence-electron chi connectivity index (χ1n) is 3.74. The van der Waals surface area contributed by atoms with E-state index in [0.29, 0.717) is 6.61 Å². The first kappa shape index (κ1) is 9.75. The van der Waals surface area contributed by atoms with Crippen molar-refractivity contribution in [1.82, 2.24) is 10.3 Å². The van der Waals surface area contributed by atoms with Gasteiger partial charge >= 0.3 is 6.09 Å². The smallest absolute Gasteiger partial charge is 0.408 e. The highest BCUT2D eigenvalue weighted by Gasteiger charge is 2.32. The number of nitrogens with zero attached hydrogens (tertiary/aromatic N) is 1. The molecule has 0 saturated carbocycles. The van der Waals surface area contributed by atoms with Crippen LogP contribution in [-0.4, -0.2) is 47.8 Å². The molecule has 0 aromatic rings. The number of ether oxygens (including phenoxy) is 1. The molecule has 1 aliphatic heterocycles. The number of carbonyl (C=O) groups excluding carboxylic acids is 1. The fourth-order valence-corrected chi connectivity index (χ4v) is 1.15. The van der Waals surface area contributed by atoms with Gasteiger partial charge in [-0.25, -0.2) is 10.6 Å². The molecule has 1 saturated heterocycles. The van der Waals surface area contributed by atoms with Crippen LogP contribution in [-0.2, 0) is 9.53 Å². The third kappa shape index (κ3) is 2.07. The summed E-state index contributed by atoms with van der Waals surface area (Å²) in [6.45, 7) is 0.545. The van der Waals surface area contributed by atoms with Gasteiger partial charge in [-0.1, -0.05) is 0 Å². The van der Waals surface area contributed by atoms with Crippen molar-refractivity contribution in [1.29, 1.82) is 0 Å². The molecule has 7 nitrogen and oxygen atoms in total. The van der Waals surface area contributed by atoms with Crippen molar-refractivity contribution in [3.05, 3.63) is 0 Å². The third-order valence-corrected chi connectivity index (χ3v) is 1.82. The molecule has 0 aliphatic carbocycles. The summed E-state index contributed by atoms with van der Waals surface area (Å²) >= 11 is 0. The summed E-state index contributed by atoms with van der Waals surface area (Å²) in [6, 6.07) is -0.837. The maximum absolute atomic E-state index is 11.1. The fraction of sp³-hybridized carbons (Fsp3) is 0.667.